The maximum atomic E-state index is 13.4. The Kier molecular flexibility index (Phi) is 26.1. The first-order valence-corrected chi connectivity index (χ1v) is 40.0. The summed E-state index contributed by atoms with van der Waals surface area (Å²) in [5, 5.41) is 20.5. The summed E-state index contributed by atoms with van der Waals surface area (Å²) < 4.78 is 79.4. The van der Waals surface area contributed by atoms with Gasteiger partial charge in [0.25, 0.3) is 0 Å². The van der Waals surface area contributed by atoms with Crippen molar-refractivity contribution < 1.29 is 69.8 Å². The van der Waals surface area contributed by atoms with Crippen molar-refractivity contribution in [3.63, 3.8) is 0 Å². The van der Waals surface area contributed by atoms with Gasteiger partial charge < -0.3 is 24.7 Å². The van der Waals surface area contributed by atoms with Crippen molar-refractivity contribution in [2.75, 3.05) is 119 Å². The minimum atomic E-state index is -4.47. The number of urea groups is 4. The quantitative estimate of drug-likeness (QED) is 0.0349. The summed E-state index contributed by atoms with van der Waals surface area (Å²) in [6.45, 7) is 16.2. The van der Waals surface area contributed by atoms with Crippen molar-refractivity contribution in [3.05, 3.63) is 169 Å². The van der Waals surface area contributed by atoms with Crippen LogP contribution in [-0.2, 0) is 0 Å². The van der Waals surface area contributed by atoms with Crippen molar-refractivity contribution in [2.24, 2.45) is 29.6 Å². The van der Waals surface area contributed by atoms with E-state index < -0.39 is 66.6 Å². The van der Waals surface area contributed by atoms with Gasteiger partial charge in [0.05, 0.1) is 58.8 Å². The number of halogens is 6. The number of carbonyl (C=O) groups is 8. The molecule has 8 aromatic heterocycles. The molecular formula is C84H94F6N20O9. The Morgan fingerprint density at radius 1 is 0.395 bits per heavy atom. The molecule has 8 amide bonds. The first kappa shape index (κ1) is 84.6. The number of nitrogens with one attached hydrogen (secondary N) is 4. The molecule has 5 N–H and O–H groups in total. The fourth-order valence-corrected chi connectivity index (χ4v) is 16.0. The number of pyridine rings is 8. The molecule has 0 unspecified atom stereocenters. The number of aromatic nitrogens is 8. The number of nitrogens with zero attached hydrogens (tertiary/aromatic N) is 16. The van der Waals surface area contributed by atoms with E-state index in [0.29, 0.717) is 77.2 Å². The molecule has 16 heterocycles. The van der Waals surface area contributed by atoms with Crippen LogP contribution in [0.2, 0.25) is 0 Å². The summed E-state index contributed by atoms with van der Waals surface area (Å²) in [5.74, 6) is -2.17. The van der Waals surface area contributed by atoms with Crippen molar-refractivity contribution in [1.82, 2.24) is 39.9 Å². The number of Topliss-reactive ketones (excluding diaryl/α,β-unsaturated/α-hetero) is 4. The minimum Gasteiger partial charge on any atom is -0.396 e. The molecular weight excluding hydrogens is 1550 g/mol. The molecule has 626 valence electrons. The van der Waals surface area contributed by atoms with Gasteiger partial charge in [-0.2, -0.15) is 26.3 Å². The van der Waals surface area contributed by atoms with Crippen LogP contribution in [0, 0.1) is 29.6 Å². The van der Waals surface area contributed by atoms with E-state index in [1.807, 2.05) is 45.0 Å². The van der Waals surface area contributed by atoms with Crippen LogP contribution in [0.25, 0.3) is 0 Å². The van der Waals surface area contributed by atoms with E-state index >= 15 is 0 Å². The fraction of sp³-hybridized carbons (Fsp3) is 0.429. The number of aliphatic hydroxyl groups is 1. The van der Waals surface area contributed by atoms with E-state index in [1.165, 1.54) is 42.7 Å². The van der Waals surface area contributed by atoms with E-state index in [0.717, 1.165) is 82.7 Å². The standard InChI is InChI=1S/C22H24F3N5O2.C21H22F3N5O2.C21H25N5O3.C20H23N5O2/c1-13(2)15(22(23,24)25)11-18(31)16-6-7-17-20(27-16)30(14-8-10-29(17)12-14)21(32)28-19-5-3-4-9-26-19;1-2-13(21(22,23)24)11-17(30)15-6-7-16-19(26-15)29(14-8-10-28(16)12-14)20(31)27-18-5-3-4-9-25-18;1-2-14(13-27)11-18(28)16-6-7-17-20(23-16)26(15-8-10-25(17)12-15)21(29)24-19-5-3-4-9-22-19;1-13(2)11-17(26)15-6-7-16-19(22-15)25(14-8-10-24(16)12-14)20(27)23-18-5-3-4-9-21-18/h3-7,9,13-15H,8,10-12H2,1-2H3,(H,26,28,32);3-7,9,13-14H,2,8,10-12H2,1H3,(H,25,27,31);3-7,9,14-15,27H,2,8,10-13H2,1H3,(H,22,24,29);3-7,9,13-14H,8,10-12H2,1-2H3,(H,21,23,27)/t14-,15+;13-,14+;14-,15+;14-/m0110/s1. The summed E-state index contributed by atoms with van der Waals surface area (Å²) in [5.41, 5.74) is 3.74. The van der Waals surface area contributed by atoms with Crippen LogP contribution in [-0.4, -0.2) is 188 Å². The normalized spacial score (nSPS) is 18.3. The van der Waals surface area contributed by atoms with Crippen molar-refractivity contribution in [3.8, 4) is 0 Å². The number of carbonyl (C=O) groups excluding carboxylic acids is 8. The van der Waals surface area contributed by atoms with Crippen molar-refractivity contribution in [2.45, 2.75) is 142 Å². The van der Waals surface area contributed by atoms with Gasteiger partial charge in [0.15, 0.2) is 46.4 Å². The van der Waals surface area contributed by atoms with Crippen LogP contribution in [0.3, 0.4) is 0 Å². The average molecular weight is 1640 g/mol. The maximum Gasteiger partial charge on any atom is 0.392 e. The zero-order valence-corrected chi connectivity index (χ0v) is 66.6. The summed E-state index contributed by atoms with van der Waals surface area (Å²) in [4.78, 5) is 152. The van der Waals surface area contributed by atoms with E-state index in [1.54, 1.807) is 120 Å². The Bertz CT molecular complexity index is 5000. The Labute approximate surface area is 683 Å². The van der Waals surface area contributed by atoms with Crippen LogP contribution in [0.5, 0.6) is 0 Å². The highest BCUT2D eigenvalue weighted by molar-refractivity contribution is 6.09. The molecule has 29 nitrogen and oxygen atoms in total. The second-order valence-corrected chi connectivity index (χ2v) is 31.2. The molecule has 8 bridgehead atoms. The average Bonchev–Trinajstić information content (AvgIpc) is 1.64. The van der Waals surface area contributed by atoms with Gasteiger partial charge in [0.2, 0.25) is 0 Å². The summed E-state index contributed by atoms with van der Waals surface area (Å²) in [6, 6.07) is 32.8. The number of fused-ring (bicyclic) bond motifs is 16. The molecule has 0 aliphatic carbocycles. The largest absolute Gasteiger partial charge is 0.396 e. The second-order valence-electron chi connectivity index (χ2n) is 31.2. The molecule has 16 rings (SSSR count). The molecule has 0 saturated carbocycles. The number of ketones is 4. The highest BCUT2D eigenvalue weighted by Gasteiger charge is 2.48. The molecule has 0 aromatic carbocycles. The first-order chi connectivity index (χ1) is 57.0. The van der Waals surface area contributed by atoms with Gasteiger partial charge >= 0.3 is 36.5 Å². The van der Waals surface area contributed by atoms with E-state index in [9.17, 15) is 69.8 Å². The second kappa shape index (κ2) is 36.7. The molecule has 8 aromatic rings. The Morgan fingerprint density at radius 3 is 0.933 bits per heavy atom. The number of hydrogen-bond acceptors (Lipinski definition) is 21. The van der Waals surface area contributed by atoms with Crippen LogP contribution in [0.1, 0.15) is 148 Å². The van der Waals surface area contributed by atoms with Crippen LogP contribution >= 0.6 is 0 Å². The highest BCUT2D eigenvalue weighted by atomic mass is 19.4. The monoisotopic (exact) mass is 1640 g/mol. The number of rotatable bonds is 20. The number of amides is 8. The topological polar surface area (TPSA) is 334 Å². The molecule has 8 aliphatic rings. The molecule has 4 saturated heterocycles. The Balaban J connectivity index is 0.000000138. The number of alkyl halides is 6. The van der Waals surface area contributed by atoms with E-state index in [4.69, 9.17) is 0 Å². The summed E-state index contributed by atoms with van der Waals surface area (Å²) in [6.07, 6.45) is 0.485. The molecule has 35 heteroatoms. The first-order valence-electron chi connectivity index (χ1n) is 40.0. The molecule has 119 heavy (non-hydrogen) atoms. The molecule has 0 radical (unpaired) electrons. The molecule has 4 fully saturated rings. The third-order valence-electron chi connectivity index (χ3n) is 22.3. The predicted molar refractivity (Wildman–Crippen MR) is 438 cm³/mol. The smallest absolute Gasteiger partial charge is 0.392 e. The molecule has 7 atom stereocenters. The number of aliphatic hydroxyl groups excluding tert-OH is 1. The van der Waals surface area contributed by atoms with Crippen LogP contribution in [0.4, 0.5) is 115 Å². The molecule has 0 spiro atoms. The van der Waals surface area contributed by atoms with Crippen LogP contribution < -0.4 is 60.5 Å². The minimum absolute atomic E-state index is 0.00453. The lowest BCUT2D eigenvalue weighted by molar-refractivity contribution is -0.184. The zero-order chi connectivity index (χ0) is 84.6. The van der Waals surface area contributed by atoms with Gasteiger partial charge in [-0.25, -0.2) is 59.0 Å². The lowest BCUT2D eigenvalue weighted by atomic mass is 9.89. The van der Waals surface area contributed by atoms with Crippen molar-refractivity contribution in [1.29, 1.82) is 0 Å². The van der Waals surface area contributed by atoms with Gasteiger partial charge in [-0.1, -0.05) is 72.2 Å². The number of hydrogen-bond donors (Lipinski definition) is 5. The summed E-state index contributed by atoms with van der Waals surface area (Å²) >= 11 is 0. The van der Waals surface area contributed by atoms with Gasteiger partial charge in [0, 0.05) is 109 Å². The van der Waals surface area contributed by atoms with Crippen LogP contribution in [0.15, 0.2) is 146 Å². The van der Waals surface area contributed by atoms with Gasteiger partial charge in [0.1, 0.15) is 46.0 Å². The highest BCUT2D eigenvalue weighted by Crippen LogP contribution is 2.45. The van der Waals surface area contributed by atoms with Gasteiger partial charge in [-0.15, -0.1) is 0 Å². The third-order valence-corrected chi connectivity index (χ3v) is 22.3. The fourth-order valence-electron chi connectivity index (χ4n) is 16.0. The predicted octanol–water partition coefficient (Wildman–Crippen LogP) is 14.8. The zero-order valence-electron chi connectivity index (χ0n) is 66.6. The lowest BCUT2D eigenvalue weighted by Gasteiger charge is -2.35. The Hall–Kier alpha value is -12.3. The van der Waals surface area contributed by atoms with E-state index in [2.05, 4.69) is 80.7 Å². The Morgan fingerprint density at radius 2 is 0.689 bits per heavy atom. The van der Waals surface area contributed by atoms with E-state index in [-0.39, 0.29) is 102 Å². The maximum absolute atomic E-state index is 13.4. The van der Waals surface area contributed by atoms with Gasteiger partial charge in [-0.05, 0) is 147 Å². The number of anilines is 12. The van der Waals surface area contributed by atoms with Crippen molar-refractivity contribution >= 4 is 117 Å². The summed E-state index contributed by atoms with van der Waals surface area (Å²) in [7, 11) is 0. The van der Waals surface area contributed by atoms with Gasteiger partial charge in [-0.3, -0.25) is 60.0 Å². The SMILES string of the molecule is CC(C)CC(=O)c1ccc2c(n1)N(C(=O)Nc1ccccn1)[C@H]1CCN2C1.CC(C)[C@@H](CC(=O)c1ccc2c(n1)N(C(=O)Nc1ccccn1)[C@H]1CCN2C1)C(F)(F)F.CC[C@@H](CO)CC(=O)c1ccc2c(n1)N(C(=O)Nc1ccccn1)[C@H]1CCN2C1.CC[C@H](CC(=O)c1ccc2c(n1)N(C(=O)Nc1ccccn1)[C@H]1CCN2C1)C(F)(F)F. The lowest BCUT2D eigenvalue weighted by Crippen LogP contribution is -2.48. The third kappa shape index (κ3) is 19.5. The molecule has 8 aliphatic heterocycles.